The molecule has 1 amide bonds. The van der Waals surface area contributed by atoms with Crippen molar-refractivity contribution >= 4 is 15.9 Å². The van der Waals surface area contributed by atoms with Gasteiger partial charge in [0.1, 0.15) is 10.6 Å². The first kappa shape index (κ1) is 26.9. The van der Waals surface area contributed by atoms with Crippen LogP contribution in [0.1, 0.15) is 49.3 Å². The summed E-state index contributed by atoms with van der Waals surface area (Å²) in [4.78, 5) is 15.8. The third kappa shape index (κ3) is 6.40. The molecule has 196 valence electrons. The fraction of sp³-hybridized carbons (Fsp3) is 0.367. The molecule has 37 heavy (non-hydrogen) atoms. The second-order valence-electron chi connectivity index (χ2n) is 9.91. The lowest BCUT2D eigenvalue weighted by molar-refractivity contribution is -0.138. The number of ether oxygens (including phenoxy) is 1. The summed E-state index contributed by atoms with van der Waals surface area (Å²) in [7, 11) is -2.26. The molecule has 0 radical (unpaired) electrons. The number of methoxy groups -OCH3 is 1. The molecular formula is C30H36N2O4S. The van der Waals surface area contributed by atoms with E-state index >= 15 is 0 Å². The Labute approximate surface area is 220 Å². The molecule has 0 N–H and O–H groups in total. The zero-order valence-electron chi connectivity index (χ0n) is 21.8. The molecular weight excluding hydrogens is 484 g/mol. The van der Waals surface area contributed by atoms with E-state index in [2.05, 4.69) is 0 Å². The Balaban J connectivity index is 1.49. The van der Waals surface area contributed by atoms with E-state index in [0.29, 0.717) is 44.8 Å². The first-order chi connectivity index (χ1) is 17.8. The van der Waals surface area contributed by atoms with Gasteiger partial charge < -0.3 is 9.64 Å². The lowest BCUT2D eigenvalue weighted by Gasteiger charge is -2.34. The second-order valence-corrected chi connectivity index (χ2v) is 11.8. The van der Waals surface area contributed by atoms with Gasteiger partial charge in [-0.3, -0.25) is 4.79 Å². The van der Waals surface area contributed by atoms with Crippen molar-refractivity contribution in [2.75, 3.05) is 20.2 Å². The zero-order chi connectivity index (χ0) is 26.4. The number of hydrogen-bond donors (Lipinski definition) is 0. The Morgan fingerprint density at radius 3 is 1.95 bits per heavy atom. The molecule has 1 aliphatic heterocycles. The predicted molar refractivity (Wildman–Crippen MR) is 146 cm³/mol. The molecule has 3 aromatic carbocycles. The SMILES string of the molecule is COc1ccc(C(C)C)cc1S(=O)(=O)N1CCC(C(=O)N(Cc2ccccc2)Cc2ccccc2)CC1. The van der Waals surface area contributed by atoms with E-state index in [1.807, 2.05) is 85.5 Å². The molecule has 0 aromatic heterocycles. The van der Waals surface area contributed by atoms with E-state index in [9.17, 15) is 13.2 Å². The Morgan fingerprint density at radius 1 is 0.919 bits per heavy atom. The average molecular weight is 521 g/mol. The number of benzene rings is 3. The zero-order valence-corrected chi connectivity index (χ0v) is 22.7. The second kappa shape index (κ2) is 11.9. The van der Waals surface area contributed by atoms with Crippen molar-refractivity contribution in [2.24, 2.45) is 5.92 Å². The van der Waals surface area contributed by atoms with Crippen molar-refractivity contribution in [3.05, 3.63) is 95.6 Å². The van der Waals surface area contributed by atoms with Crippen molar-refractivity contribution in [1.82, 2.24) is 9.21 Å². The number of nitrogens with zero attached hydrogens (tertiary/aromatic N) is 2. The van der Waals surface area contributed by atoms with Gasteiger partial charge in [0.15, 0.2) is 0 Å². The highest BCUT2D eigenvalue weighted by Gasteiger charge is 2.35. The molecule has 3 aromatic rings. The van der Waals surface area contributed by atoms with Crippen LogP contribution in [-0.4, -0.2) is 43.7 Å². The minimum atomic E-state index is -3.74. The minimum Gasteiger partial charge on any atom is -0.495 e. The molecule has 7 heteroatoms. The maximum atomic E-state index is 13.7. The van der Waals surface area contributed by atoms with Crippen LogP contribution in [-0.2, 0) is 27.9 Å². The van der Waals surface area contributed by atoms with E-state index in [4.69, 9.17) is 4.74 Å². The molecule has 1 saturated heterocycles. The third-order valence-electron chi connectivity index (χ3n) is 7.02. The minimum absolute atomic E-state index is 0.0733. The third-order valence-corrected chi connectivity index (χ3v) is 8.94. The quantitative estimate of drug-likeness (QED) is 0.376. The summed E-state index contributed by atoms with van der Waals surface area (Å²) in [5.41, 5.74) is 3.09. The Hall–Kier alpha value is -3.16. The lowest BCUT2D eigenvalue weighted by Crippen LogP contribution is -2.44. The van der Waals surface area contributed by atoms with Gasteiger partial charge in [-0.05, 0) is 47.6 Å². The Kier molecular flexibility index (Phi) is 8.67. The van der Waals surface area contributed by atoms with Gasteiger partial charge in [-0.2, -0.15) is 4.31 Å². The van der Waals surface area contributed by atoms with E-state index in [0.717, 1.165) is 16.7 Å². The molecule has 0 saturated carbocycles. The summed E-state index contributed by atoms with van der Waals surface area (Å²) in [6.45, 7) is 5.72. The summed E-state index contributed by atoms with van der Waals surface area (Å²) >= 11 is 0. The normalized spacial score (nSPS) is 15.0. The van der Waals surface area contributed by atoms with Crippen LogP contribution in [0.25, 0.3) is 0 Å². The van der Waals surface area contributed by atoms with E-state index in [1.54, 1.807) is 12.1 Å². The van der Waals surface area contributed by atoms with Crippen LogP contribution in [0.3, 0.4) is 0 Å². The van der Waals surface area contributed by atoms with Crippen LogP contribution >= 0.6 is 0 Å². The highest BCUT2D eigenvalue weighted by atomic mass is 32.2. The van der Waals surface area contributed by atoms with Crippen LogP contribution in [0.2, 0.25) is 0 Å². The number of piperidine rings is 1. The molecule has 1 fully saturated rings. The number of carbonyl (C=O) groups excluding carboxylic acids is 1. The predicted octanol–water partition coefficient (Wildman–Crippen LogP) is 5.45. The Morgan fingerprint density at radius 2 is 1.46 bits per heavy atom. The summed E-state index contributed by atoms with van der Waals surface area (Å²) < 4.78 is 34.1. The molecule has 0 aliphatic carbocycles. The molecule has 6 nitrogen and oxygen atoms in total. The summed E-state index contributed by atoms with van der Waals surface area (Å²) in [5, 5.41) is 0. The van der Waals surface area contributed by atoms with Gasteiger partial charge in [-0.1, -0.05) is 80.6 Å². The fourth-order valence-electron chi connectivity index (χ4n) is 4.81. The Bertz CT molecular complexity index is 1240. The van der Waals surface area contributed by atoms with Crippen molar-refractivity contribution in [2.45, 2.75) is 50.6 Å². The smallest absolute Gasteiger partial charge is 0.246 e. The van der Waals surface area contributed by atoms with Gasteiger partial charge in [0.25, 0.3) is 0 Å². The molecule has 0 spiro atoms. The number of rotatable bonds is 9. The number of carbonyl (C=O) groups is 1. The van der Waals surface area contributed by atoms with Crippen molar-refractivity contribution in [3.63, 3.8) is 0 Å². The first-order valence-electron chi connectivity index (χ1n) is 12.8. The molecule has 1 heterocycles. The maximum absolute atomic E-state index is 13.7. The van der Waals surface area contributed by atoms with Gasteiger partial charge in [0.05, 0.1) is 7.11 Å². The lowest BCUT2D eigenvalue weighted by atomic mass is 9.96. The van der Waals surface area contributed by atoms with Crippen molar-refractivity contribution < 1.29 is 17.9 Å². The van der Waals surface area contributed by atoms with E-state index < -0.39 is 10.0 Å². The molecule has 0 atom stereocenters. The van der Waals surface area contributed by atoms with Gasteiger partial charge >= 0.3 is 0 Å². The van der Waals surface area contributed by atoms with Gasteiger partial charge in [0, 0.05) is 32.1 Å². The number of amides is 1. The van der Waals surface area contributed by atoms with Gasteiger partial charge in [0.2, 0.25) is 15.9 Å². The summed E-state index contributed by atoms with van der Waals surface area (Å²) in [6.07, 6.45) is 0.981. The summed E-state index contributed by atoms with van der Waals surface area (Å²) in [5.74, 6) is 0.398. The standard InChI is InChI=1S/C30H36N2O4S/c1-23(2)27-14-15-28(36-3)29(20-27)37(34,35)32-18-16-26(17-19-32)30(33)31(21-24-10-6-4-7-11-24)22-25-12-8-5-9-13-25/h4-15,20,23,26H,16-19,21-22H2,1-3H3. The molecule has 0 unspecified atom stereocenters. The largest absolute Gasteiger partial charge is 0.495 e. The first-order valence-corrected chi connectivity index (χ1v) is 14.3. The fourth-order valence-corrected chi connectivity index (χ4v) is 6.47. The van der Waals surface area contributed by atoms with E-state index in [1.165, 1.54) is 11.4 Å². The van der Waals surface area contributed by atoms with Crippen LogP contribution in [0, 0.1) is 5.92 Å². The molecule has 0 bridgehead atoms. The van der Waals surface area contributed by atoms with Crippen LogP contribution in [0.5, 0.6) is 5.75 Å². The maximum Gasteiger partial charge on any atom is 0.246 e. The van der Waals surface area contributed by atoms with Crippen LogP contribution in [0.15, 0.2) is 83.8 Å². The van der Waals surface area contributed by atoms with Crippen molar-refractivity contribution in [1.29, 1.82) is 0 Å². The summed E-state index contributed by atoms with van der Waals surface area (Å²) in [6, 6.07) is 25.3. The van der Waals surface area contributed by atoms with Crippen LogP contribution < -0.4 is 4.74 Å². The van der Waals surface area contributed by atoms with Crippen molar-refractivity contribution in [3.8, 4) is 5.75 Å². The number of sulfonamides is 1. The topological polar surface area (TPSA) is 66.9 Å². The highest BCUT2D eigenvalue weighted by Crippen LogP contribution is 2.33. The van der Waals surface area contributed by atoms with Gasteiger partial charge in [-0.15, -0.1) is 0 Å². The van der Waals surface area contributed by atoms with E-state index in [-0.39, 0.29) is 22.6 Å². The number of hydrogen-bond acceptors (Lipinski definition) is 4. The highest BCUT2D eigenvalue weighted by molar-refractivity contribution is 7.89. The van der Waals surface area contributed by atoms with Crippen LogP contribution in [0.4, 0.5) is 0 Å². The molecule has 1 aliphatic rings. The monoisotopic (exact) mass is 520 g/mol. The molecule has 4 rings (SSSR count). The average Bonchev–Trinajstić information content (AvgIpc) is 2.93. The van der Waals surface area contributed by atoms with Gasteiger partial charge in [-0.25, -0.2) is 8.42 Å².